The number of aryl methyl sites for hydroxylation is 1. The van der Waals surface area contributed by atoms with E-state index in [2.05, 4.69) is 20.3 Å². The van der Waals surface area contributed by atoms with E-state index in [1.807, 2.05) is 83.1 Å². The van der Waals surface area contributed by atoms with E-state index in [-0.39, 0.29) is 24.1 Å². The fourth-order valence-electron chi connectivity index (χ4n) is 5.11. The van der Waals surface area contributed by atoms with Gasteiger partial charge in [0.25, 0.3) is 11.1 Å². The van der Waals surface area contributed by atoms with Gasteiger partial charge in [-0.15, -0.1) is 0 Å². The Morgan fingerprint density at radius 1 is 1.10 bits per heavy atom. The minimum absolute atomic E-state index is 0.0705. The second-order valence-corrected chi connectivity index (χ2v) is 12.0. The zero-order valence-electron chi connectivity index (χ0n) is 23.3. The molecule has 0 bridgehead atoms. The lowest BCUT2D eigenvalue weighted by Gasteiger charge is -2.45. The van der Waals surface area contributed by atoms with Gasteiger partial charge in [0.1, 0.15) is 11.1 Å². The van der Waals surface area contributed by atoms with Gasteiger partial charge in [0.2, 0.25) is 0 Å². The van der Waals surface area contributed by atoms with Crippen LogP contribution < -0.4 is 15.0 Å². The molecule has 0 saturated carbocycles. The molecule has 39 heavy (non-hydrogen) atoms. The van der Waals surface area contributed by atoms with Crippen molar-refractivity contribution in [3.05, 3.63) is 42.1 Å². The number of fused-ring (bicyclic) bond motifs is 2. The Kier molecular flexibility index (Phi) is 6.88. The molecule has 0 spiro atoms. The Hall–Kier alpha value is -3.86. The summed E-state index contributed by atoms with van der Waals surface area (Å²) in [6.45, 7) is 10.9. The molecule has 0 aliphatic carbocycles. The largest absolute Gasteiger partial charge is 0.473 e. The van der Waals surface area contributed by atoms with Crippen LogP contribution in [0.3, 0.4) is 0 Å². The number of piperazine rings is 1. The summed E-state index contributed by atoms with van der Waals surface area (Å²) in [4.78, 5) is 35.0. The first-order valence-corrected chi connectivity index (χ1v) is 13.7. The number of rotatable bonds is 4. The number of aromatic nitrogens is 3. The quantitative estimate of drug-likeness (QED) is 0.369. The van der Waals surface area contributed by atoms with Gasteiger partial charge in [-0.25, -0.2) is 9.78 Å². The minimum Gasteiger partial charge on any atom is -0.473 e. The van der Waals surface area contributed by atoms with Gasteiger partial charge >= 0.3 is 6.09 Å². The fraction of sp³-hybridized carbons (Fsp3) is 0.429. The van der Waals surface area contributed by atoms with E-state index >= 15 is 0 Å². The zero-order valence-corrected chi connectivity index (χ0v) is 24.1. The maximum absolute atomic E-state index is 13.4. The van der Waals surface area contributed by atoms with Crippen LogP contribution >= 0.6 is 11.3 Å². The average Bonchev–Trinajstić information content (AvgIpc) is 3.44. The monoisotopic (exact) mass is 550 g/mol. The molecule has 1 N–H and O–H groups in total. The summed E-state index contributed by atoms with van der Waals surface area (Å²) in [7, 11) is 3.44. The predicted molar refractivity (Wildman–Crippen MR) is 154 cm³/mol. The normalized spacial score (nSPS) is 18.0. The molecule has 2 amide bonds. The number of ether oxygens (including phenoxy) is 2. The Bertz CT molecular complexity index is 1540. The molecule has 4 aromatic rings. The topological polar surface area (TPSA) is 102 Å². The summed E-state index contributed by atoms with van der Waals surface area (Å²) in [6, 6.07) is 9.26. The standard InChI is InChI=1S/C28H34N6O4S/c1-16-13-33(14-17(2)34(16)27(36)38-28(3,4)5)22-11-9-20(23-24(22)39-26(30-23)37-7)25(35)29-19-8-10-21-18(12-19)15-32(6)31-21/h8-12,15-17H,13-14H2,1-7H3,(H,29,35)/t16-,17-/m0/s1. The molecule has 10 nitrogen and oxygen atoms in total. The molecule has 0 unspecified atom stereocenters. The number of hydrogen-bond donors (Lipinski definition) is 1. The molecule has 206 valence electrons. The molecule has 2 atom stereocenters. The number of carbonyl (C=O) groups excluding carboxylic acids is 2. The van der Waals surface area contributed by atoms with Crippen molar-refractivity contribution >= 4 is 55.8 Å². The van der Waals surface area contributed by atoms with Crippen LogP contribution in [0, 0.1) is 0 Å². The Morgan fingerprint density at radius 3 is 2.49 bits per heavy atom. The van der Waals surface area contributed by atoms with E-state index in [9.17, 15) is 9.59 Å². The molecule has 1 fully saturated rings. The Balaban J connectivity index is 1.42. The number of hydrogen-bond acceptors (Lipinski definition) is 8. The maximum Gasteiger partial charge on any atom is 0.410 e. The number of amides is 2. The van der Waals surface area contributed by atoms with Crippen LogP contribution in [0.15, 0.2) is 36.5 Å². The van der Waals surface area contributed by atoms with Gasteiger partial charge in [0, 0.05) is 37.4 Å². The molecule has 1 aliphatic heterocycles. The van der Waals surface area contributed by atoms with Crippen molar-refractivity contribution in [1.82, 2.24) is 19.7 Å². The van der Waals surface area contributed by atoms with Crippen molar-refractivity contribution in [2.75, 3.05) is 30.4 Å². The number of nitrogens with one attached hydrogen (secondary N) is 1. The molecular weight excluding hydrogens is 516 g/mol. The van der Waals surface area contributed by atoms with Gasteiger partial charge in [0.05, 0.1) is 40.7 Å². The predicted octanol–water partition coefficient (Wildman–Crippen LogP) is 5.28. The first kappa shape index (κ1) is 26.7. The van der Waals surface area contributed by atoms with Crippen LogP contribution in [0.4, 0.5) is 16.2 Å². The van der Waals surface area contributed by atoms with Gasteiger partial charge in [0.15, 0.2) is 0 Å². The van der Waals surface area contributed by atoms with Crippen LogP contribution in [0.2, 0.25) is 0 Å². The summed E-state index contributed by atoms with van der Waals surface area (Å²) in [6.07, 6.45) is 1.61. The summed E-state index contributed by atoms with van der Waals surface area (Å²) in [5.41, 5.74) is 3.00. The van der Waals surface area contributed by atoms with Crippen LogP contribution in [0.5, 0.6) is 5.19 Å². The van der Waals surface area contributed by atoms with E-state index in [1.165, 1.54) is 11.3 Å². The number of nitrogens with zero attached hydrogens (tertiary/aromatic N) is 5. The lowest BCUT2D eigenvalue weighted by atomic mass is 10.1. The van der Waals surface area contributed by atoms with Crippen molar-refractivity contribution < 1.29 is 19.1 Å². The maximum atomic E-state index is 13.4. The van der Waals surface area contributed by atoms with Crippen LogP contribution in [0.25, 0.3) is 21.1 Å². The summed E-state index contributed by atoms with van der Waals surface area (Å²) >= 11 is 1.41. The molecule has 3 heterocycles. The Labute approximate surface area is 231 Å². The number of thiazole rings is 1. The smallest absolute Gasteiger partial charge is 0.410 e. The Morgan fingerprint density at radius 2 is 1.82 bits per heavy atom. The van der Waals surface area contributed by atoms with Crippen molar-refractivity contribution in [2.24, 2.45) is 7.05 Å². The molecule has 2 aromatic heterocycles. The molecule has 0 radical (unpaired) electrons. The van der Waals surface area contributed by atoms with Gasteiger partial charge in [-0.2, -0.15) is 5.10 Å². The highest BCUT2D eigenvalue weighted by Gasteiger charge is 2.36. The van der Waals surface area contributed by atoms with Crippen molar-refractivity contribution in [3.63, 3.8) is 0 Å². The lowest BCUT2D eigenvalue weighted by Crippen LogP contribution is -2.59. The van der Waals surface area contributed by atoms with Crippen molar-refractivity contribution in [3.8, 4) is 5.19 Å². The highest BCUT2D eigenvalue weighted by atomic mass is 32.1. The first-order valence-electron chi connectivity index (χ1n) is 12.9. The molecule has 11 heteroatoms. The summed E-state index contributed by atoms with van der Waals surface area (Å²) in [5.74, 6) is -0.251. The SMILES string of the molecule is COc1nc2c(C(=O)Nc3ccc4nn(C)cc4c3)ccc(N3C[C@H](C)N(C(=O)OC(C)(C)C)[C@@H](C)C3)c2s1. The number of anilines is 2. The van der Waals surface area contributed by atoms with Gasteiger partial charge in [-0.05, 0) is 65.0 Å². The fourth-order valence-corrected chi connectivity index (χ4v) is 6.06. The van der Waals surface area contributed by atoms with Crippen LogP contribution in [-0.2, 0) is 11.8 Å². The average molecular weight is 551 g/mol. The van der Waals surface area contributed by atoms with E-state index in [1.54, 1.807) is 11.8 Å². The number of benzene rings is 2. The van der Waals surface area contributed by atoms with E-state index in [4.69, 9.17) is 9.47 Å². The van der Waals surface area contributed by atoms with Gasteiger partial charge < -0.3 is 19.7 Å². The van der Waals surface area contributed by atoms with E-state index < -0.39 is 5.60 Å². The summed E-state index contributed by atoms with van der Waals surface area (Å²) in [5, 5.41) is 8.82. The second kappa shape index (κ2) is 10.0. The first-order chi connectivity index (χ1) is 18.4. The second-order valence-electron chi connectivity index (χ2n) is 11.0. The van der Waals surface area contributed by atoms with Crippen LogP contribution in [-0.4, -0.2) is 69.5 Å². The van der Waals surface area contributed by atoms with Crippen LogP contribution in [0.1, 0.15) is 45.0 Å². The third kappa shape index (κ3) is 5.36. The molecular formula is C28H34N6O4S. The van der Waals surface area contributed by atoms with E-state index in [0.717, 1.165) is 21.3 Å². The lowest BCUT2D eigenvalue weighted by molar-refractivity contribution is 0.00567. The molecule has 1 aliphatic rings. The van der Waals surface area contributed by atoms with Crippen molar-refractivity contribution in [2.45, 2.75) is 52.3 Å². The van der Waals surface area contributed by atoms with Gasteiger partial charge in [-0.3, -0.25) is 14.4 Å². The number of carbonyl (C=O) groups is 2. The highest BCUT2D eigenvalue weighted by molar-refractivity contribution is 7.21. The molecule has 1 saturated heterocycles. The van der Waals surface area contributed by atoms with Gasteiger partial charge in [-0.1, -0.05) is 11.3 Å². The minimum atomic E-state index is -0.556. The third-order valence-corrected chi connectivity index (χ3v) is 7.70. The van der Waals surface area contributed by atoms with Crippen molar-refractivity contribution in [1.29, 1.82) is 0 Å². The molecule has 5 rings (SSSR count). The van der Waals surface area contributed by atoms with E-state index in [0.29, 0.717) is 35.1 Å². The highest BCUT2D eigenvalue weighted by Crippen LogP contribution is 2.39. The number of methoxy groups -OCH3 is 1. The third-order valence-electron chi connectivity index (χ3n) is 6.66. The summed E-state index contributed by atoms with van der Waals surface area (Å²) < 4.78 is 13.7. The zero-order chi connectivity index (χ0) is 28.1. The molecule has 2 aromatic carbocycles.